The minimum absolute atomic E-state index is 0.0782. The van der Waals surface area contributed by atoms with Crippen LogP contribution >= 0.6 is 0 Å². The van der Waals surface area contributed by atoms with Gasteiger partial charge in [-0.25, -0.2) is 4.79 Å². The number of nitrogens with two attached hydrogens (primary N) is 1. The minimum atomic E-state index is -1.12. The third kappa shape index (κ3) is 5.97. The number of ether oxygens (including phenoxy) is 1. The van der Waals surface area contributed by atoms with E-state index in [0.717, 1.165) is 0 Å². The monoisotopic (exact) mass is 260 g/mol. The average molecular weight is 260 g/mol. The molecule has 6 nitrogen and oxygen atoms in total. The summed E-state index contributed by atoms with van der Waals surface area (Å²) in [5, 5.41) is 11.5. The molecule has 0 heterocycles. The molecule has 0 bridgehead atoms. The molecule has 0 spiro atoms. The average Bonchev–Trinajstić information content (AvgIpc) is 2.21. The highest BCUT2D eigenvalue weighted by molar-refractivity contribution is 5.87. The normalized spacial score (nSPS) is 14.1. The van der Waals surface area contributed by atoms with Crippen molar-refractivity contribution in [3.05, 3.63) is 0 Å². The van der Waals surface area contributed by atoms with E-state index in [9.17, 15) is 9.59 Å². The first kappa shape index (κ1) is 16.9. The van der Waals surface area contributed by atoms with Gasteiger partial charge in [-0.3, -0.25) is 4.79 Å². The summed E-state index contributed by atoms with van der Waals surface area (Å²) in [7, 11) is 0. The molecule has 0 radical (unpaired) electrons. The highest BCUT2D eigenvalue weighted by Gasteiger charge is 2.30. The van der Waals surface area contributed by atoms with E-state index in [1.165, 1.54) is 0 Å². The Balaban J connectivity index is 4.56. The van der Waals surface area contributed by atoms with Crippen LogP contribution in [0.15, 0.2) is 0 Å². The van der Waals surface area contributed by atoms with Crippen LogP contribution < -0.4 is 11.1 Å². The Labute approximate surface area is 108 Å². The Bertz CT molecular complexity index is 308. The standard InChI is InChI=1S/C12H24N2O4/c1-11(2,3)18-6-8(9(15)16)14-10(17)12(4,5)7-13/h8H,6-7,13H2,1-5H3,(H,14,17)(H,15,16)/t8-/m0/s1. The molecular formula is C12H24N2O4. The molecular weight excluding hydrogens is 236 g/mol. The number of carboxylic acid groups (broad SMARTS) is 1. The number of aliphatic carboxylic acids is 1. The van der Waals surface area contributed by atoms with Crippen LogP contribution in [0.25, 0.3) is 0 Å². The molecule has 18 heavy (non-hydrogen) atoms. The molecule has 1 atom stereocenters. The fourth-order valence-corrected chi connectivity index (χ4v) is 0.954. The highest BCUT2D eigenvalue weighted by atomic mass is 16.5. The molecule has 0 saturated heterocycles. The third-order valence-electron chi connectivity index (χ3n) is 2.41. The van der Waals surface area contributed by atoms with E-state index in [1.807, 2.05) is 20.8 Å². The first-order chi connectivity index (χ1) is 7.99. The second-order valence-corrected chi connectivity index (χ2v) is 5.88. The van der Waals surface area contributed by atoms with Gasteiger partial charge in [-0.1, -0.05) is 0 Å². The van der Waals surface area contributed by atoms with Crippen LogP contribution in [0.4, 0.5) is 0 Å². The van der Waals surface area contributed by atoms with Crippen LogP contribution in [-0.4, -0.2) is 41.8 Å². The van der Waals surface area contributed by atoms with Crippen molar-refractivity contribution in [2.45, 2.75) is 46.3 Å². The smallest absolute Gasteiger partial charge is 0.328 e. The van der Waals surface area contributed by atoms with Gasteiger partial charge in [-0.2, -0.15) is 0 Å². The maximum absolute atomic E-state index is 11.8. The summed E-state index contributed by atoms with van der Waals surface area (Å²) >= 11 is 0. The first-order valence-electron chi connectivity index (χ1n) is 5.87. The van der Waals surface area contributed by atoms with E-state index in [2.05, 4.69) is 5.32 Å². The maximum atomic E-state index is 11.8. The molecule has 0 aromatic heterocycles. The van der Waals surface area contributed by atoms with Crippen LogP contribution in [0.1, 0.15) is 34.6 Å². The van der Waals surface area contributed by atoms with Gasteiger partial charge >= 0.3 is 5.97 Å². The molecule has 0 aliphatic heterocycles. The summed E-state index contributed by atoms with van der Waals surface area (Å²) < 4.78 is 5.37. The number of hydrogen-bond acceptors (Lipinski definition) is 4. The first-order valence-corrected chi connectivity index (χ1v) is 5.87. The van der Waals surface area contributed by atoms with Gasteiger partial charge in [0.2, 0.25) is 5.91 Å². The summed E-state index contributed by atoms with van der Waals surface area (Å²) in [6, 6.07) is -1.07. The van der Waals surface area contributed by atoms with Gasteiger partial charge in [-0.15, -0.1) is 0 Å². The molecule has 0 aliphatic carbocycles. The molecule has 6 heteroatoms. The summed E-state index contributed by atoms with van der Waals surface area (Å²) in [6.45, 7) is 8.83. The molecule has 106 valence electrons. The van der Waals surface area contributed by atoms with E-state index in [0.29, 0.717) is 0 Å². The Morgan fingerprint density at radius 2 is 1.78 bits per heavy atom. The van der Waals surface area contributed by atoms with Crippen molar-refractivity contribution in [1.82, 2.24) is 5.32 Å². The maximum Gasteiger partial charge on any atom is 0.328 e. The van der Waals surface area contributed by atoms with Gasteiger partial charge in [0.1, 0.15) is 0 Å². The lowest BCUT2D eigenvalue weighted by Gasteiger charge is -2.26. The van der Waals surface area contributed by atoms with E-state index >= 15 is 0 Å². The van der Waals surface area contributed by atoms with Crippen molar-refractivity contribution in [1.29, 1.82) is 0 Å². The van der Waals surface area contributed by atoms with Gasteiger partial charge in [0.05, 0.1) is 17.6 Å². The predicted octanol–water partition coefficient (Wildman–Crippen LogP) is 0.356. The van der Waals surface area contributed by atoms with Crippen LogP contribution in [-0.2, 0) is 14.3 Å². The molecule has 0 aromatic carbocycles. The van der Waals surface area contributed by atoms with Gasteiger partial charge in [-0.05, 0) is 34.6 Å². The zero-order chi connectivity index (χ0) is 14.6. The number of carboxylic acids is 1. The largest absolute Gasteiger partial charge is 0.480 e. The fraction of sp³-hybridized carbons (Fsp3) is 0.833. The van der Waals surface area contributed by atoms with Crippen molar-refractivity contribution < 1.29 is 19.4 Å². The second-order valence-electron chi connectivity index (χ2n) is 5.88. The summed E-state index contributed by atoms with van der Waals surface area (Å²) in [5.41, 5.74) is 4.21. The molecule has 0 aromatic rings. The second kappa shape index (κ2) is 6.15. The SMILES string of the molecule is CC(C)(C)OC[C@H](NC(=O)C(C)(C)CN)C(=O)O. The summed E-state index contributed by atoms with van der Waals surface area (Å²) in [6.07, 6.45) is 0. The van der Waals surface area contributed by atoms with Crippen molar-refractivity contribution in [2.75, 3.05) is 13.2 Å². The molecule has 4 N–H and O–H groups in total. The van der Waals surface area contributed by atoms with Crippen LogP contribution in [0.2, 0.25) is 0 Å². The van der Waals surface area contributed by atoms with Crippen molar-refractivity contribution in [3.63, 3.8) is 0 Å². The van der Waals surface area contributed by atoms with Gasteiger partial charge in [0.15, 0.2) is 6.04 Å². The molecule has 0 aliphatic rings. The topological polar surface area (TPSA) is 102 Å². The Morgan fingerprint density at radius 3 is 2.11 bits per heavy atom. The molecule has 1 amide bonds. The highest BCUT2D eigenvalue weighted by Crippen LogP contribution is 2.13. The number of carbonyl (C=O) groups excluding carboxylic acids is 1. The minimum Gasteiger partial charge on any atom is -0.480 e. The number of hydrogen-bond donors (Lipinski definition) is 3. The third-order valence-corrected chi connectivity index (χ3v) is 2.41. The zero-order valence-electron chi connectivity index (χ0n) is 11.7. The Morgan fingerprint density at radius 1 is 1.28 bits per heavy atom. The Kier molecular flexibility index (Phi) is 5.76. The fourth-order valence-electron chi connectivity index (χ4n) is 0.954. The van der Waals surface area contributed by atoms with Crippen molar-refractivity contribution >= 4 is 11.9 Å². The van der Waals surface area contributed by atoms with E-state index in [1.54, 1.807) is 13.8 Å². The van der Waals surface area contributed by atoms with Crippen molar-refractivity contribution in [3.8, 4) is 0 Å². The lowest BCUT2D eigenvalue weighted by Crippen LogP contribution is -2.51. The van der Waals surface area contributed by atoms with Gasteiger partial charge in [0.25, 0.3) is 0 Å². The van der Waals surface area contributed by atoms with Crippen LogP contribution in [0.5, 0.6) is 0 Å². The number of carbonyl (C=O) groups is 2. The predicted molar refractivity (Wildman–Crippen MR) is 68.1 cm³/mol. The lowest BCUT2D eigenvalue weighted by molar-refractivity contribution is -0.146. The molecule has 0 rings (SSSR count). The van der Waals surface area contributed by atoms with Gasteiger partial charge in [0, 0.05) is 6.54 Å². The zero-order valence-corrected chi connectivity index (χ0v) is 11.7. The molecule has 0 saturated carbocycles. The summed E-state index contributed by atoms with van der Waals surface area (Å²) in [5.74, 6) is -1.52. The van der Waals surface area contributed by atoms with Crippen molar-refractivity contribution in [2.24, 2.45) is 11.1 Å². The van der Waals surface area contributed by atoms with E-state index in [4.69, 9.17) is 15.6 Å². The van der Waals surface area contributed by atoms with E-state index in [-0.39, 0.29) is 13.2 Å². The van der Waals surface area contributed by atoms with Crippen LogP contribution in [0.3, 0.4) is 0 Å². The molecule has 0 fully saturated rings. The lowest BCUT2D eigenvalue weighted by atomic mass is 9.92. The number of rotatable bonds is 6. The molecule has 0 unspecified atom stereocenters. The number of nitrogens with one attached hydrogen (secondary N) is 1. The van der Waals surface area contributed by atoms with Gasteiger partial charge < -0.3 is 20.9 Å². The number of amides is 1. The van der Waals surface area contributed by atoms with E-state index < -0.39 is 28.9 Å². The van der Waals surface area contributed by atoms with Crippen LogP contribution in [0, 0.1) is 5.41 Å². The quantitative estimate of drug-likeness (QED) is 0.640. The summed E-state index contributed by atoms with van der Waals surface area (Å²) in [4.78, 5) is 22.9. The Hall–Kier alpha value is -1.14.